The Hall–Kier alpha value is -2.49. The number of imidazole rings is 1. The van der Waals surface area contributed by atoms with Crippen molar-refractivity contribution in [3.63, 3.8) is 0 Å². The topological polar surface area (TPSA) is 66.6 Å². The second-order valence-corrected chi connectivity index (χ2v) is 5.59. The van der Waals surface area contributed by atoms with Gasteiger partial charge in [0.1, 0.15) is 5.82 Å². The molecule has 3 rings (SSSR count). The molecule has 3 aromatic rings. The van der Waals surface area contributed by atoms with Gasteiger partial charge in [-0.3, -0.25) is 4.57 Å². The summed E-state index contributed by atoms with van der Waals surface area (Å²) in [5, 5.41) is 4.47. The number of azide groups is 1. The number of hydrogen-bond donors (Lipinski definition) is 0. The van der Waals surface area contributed by atoms with Gasteiger partial charge in [-0.25, -0.2) is 4.98 Å². The van der Waals surface area contributed by atoms with E-state index < -0.39 is 0 Å². The Morgan fingerprint density at radius 2 is 2.04 bits per heavy atom. The predicted molar refractivity (Wildman–Crippen MR) is 93.6 cm³/mol. The molecule has 0 atom stereocenters. The van der Waals surface area contributed by atoms with Crippen molar-refractivity contribution in [2.24, 2.45) is 5.11 Å². The molecule has 0 fully saturated rings. The lowest BCUT2D eigenvalue weighted by molar-refractivity contribution is 0.907. The minimum atomic E-state index is 0.642. The summed E-state index contributed by atoms with van der Waals surface area (Å²) in [5.74, 6) is 0.921. The molecule has 116 valence electrons. The Kier molecular flexibility index (Phi) is 4.24. The summed E-state index contributed by atoms with van der Waals surface area (Å²) < 4.78 is 2.04. The van der Waals surface area contributed by atoms with Gasteiger partial charge in [-0.1, -0.05) is 42.7 Å². The third kappa shape index (κ3) is 2.65. The maximum absolute atomic E-state index is 8.80. The molecule has 0 aliphatic rings. The summed E-state index contributed by atoms with van der Waals surface area (Å²) in [6, 6.07) is 11.6. The summed E-state index contributed by atoms with van der Waals surface area (Å²) in [7, 11) is 0. The highest BCUT2D eigenvalue weighted by molar-refractivity contribution is 6.35. The zero-order valence-electron chi connectivity index (χ0n) is 13.0. The number of fused-ring (bicyclic) bond motifs is 1. The first-order valence-electron chi connectivity index (χ1n) is 7.53. The van der Waals surface area contributed by atoms with E-state index in [9.17, 15) is 0 Å². The zero-order valence-corrected chi connectivity index (χ0v) is 13.7. The van der Waals surface area contributed by atoms with Crippen LogP contribution in [-0.4, -0.2) is 9.55 Å². The number of nitrogens with zero attached hydrogens (tertiary/aromatic N) is 5. The average Bonchev–Trinajstić information content (AvgIpc) is 2.95. The fraction of sp³-hybridized carbons (Fsp3) is 0.235. The van der Waals surface area contributed by atoms with Crippen molar-refractivity contribution in [2.75, 3.05) is 0 Å². The van der Waals surface area contributed by atoms with Crippen LogP contribution >= 0.6 is 11.6 Å². The normalized spacial score (nSPS) is 10.7. The SMILES string of the molecule is CCc1ccc(-n2c(CC)nc3cccc(Cl)c32)cc1N=[N+]=[N-]. The third-order valence-corrected chi connectivity index (χ3v) is 4.18. The Balaban J connectivity index is 2.32. The van der Waals surface area contributed by atoms with Gasteiger partial charge in [-0.05, 0) is 41.8 Å². The van der Waals surface area contributed by atoms with Crippen LogP contribution in [0.3, 0.4) is 0 Å². The van der Waals surface area contributed by atoms with Crippen LogP contribution in [0, 0.1) is 0 Å². The van der Waals surface area contributed by atoms with Gasteiger partial charge in [0.15, 0.2) is 0 Å². The number of aryl methyl sites for hydroxylation is 2. The van der Waals surface area contributed by atoms with Gasteiger partial charge in [0.05, 0.1) is 16.1 Å². The van der Waals surface area contributed by atoms with E-state index in [1.165, 1.54) is 0 Å². The van der Waals surface area contributed by atoms with Crippen LogP contribution in [0.5, 0.6) is 0 Å². The number of aromatic nitrogens is 2. The number of halogens is 1. The van der Waals surface area contributed by atoms with Gasteiger partial charge in [0.2, 0.25) is 0 Å². The van der Waals surface area contributed by atoms with E-state index in [0.717, 1.165) is 41.0 Å². The standard InChI is InChI=1S/C17H16ClN5/c1-3-11-8-9-12(10-15(11)21-22-19)23-16(4-2)20-14-7-5-6-13(18)17(14)23/h5-10H,3-4H2,1-2H3. The summed E-state index contributed by atoms with van der Waals surface area (Å²) in [5.41, 5.74) is 13.1. The lowest BCUT2D eigenvalue weighted by Crippen LogP contribution is -2.00. The highest BCUT2D eigenvalue weighted by Crippen LogP contribution is 2.31. The molecule has 0 aliphatic carbocycles. The lowest BCUT2D eigenvalue weighted by Gasteiger charge is -2.12. The number of para-hydroxylation sites is 1. The summed E-state index contributed by atoms with van der Waals surface area (Å²) in [4.78, 5) is 7.60. The molecule has 2 aromatic carbocycles. The molecule has 0 bridgehead atoms. The van der Waals surface area contributed by atoms with Gasteiger partial charge >= 0.3 is 0 Å². The largest absolute Gasteiger partial charge is 0.295 e. The summed E-state index contributed by atoms with van der Waals surface area (Å²) >= 11 is 6.40. The van der Waals surface area contributed by atoms with E-state index in [1.807, 2.05) is 47.9 Å². The predicted octanol–water partition coefficient (Wildman–Crippen LogP) is 5.75. The van der Waals surface area contributed by atoms with Crippen molar-refractivity contribution in [2.45, 2.75) is 26.7 Å². The Morgan fingerprint density at radius 3 is 2.74 bits per heavy atom. The fourth-order valence-corrected chi connectivity index (χ4v) is 3.03. The molecule has 23 heavy (non-hydrogen) atoms. The van der Waals surface area contributed by atoms with E-state index in [0.29, 0.717) is 10.7 Å². The lowest BCUT2D eigenvalue weighted by atomic mass is 10.1. The molecule has 0 unspecified atom stereocenters. The molecule has 0 saturated heterocycles. The smallest absolute Gasteiger partial charge is 0.114 e. The van der Waals surface area contributed by atoms with Crippen molar-refractivity contribution in [3.8, 4) is 5.69 Å². The van der Waals surface area contributed by atoms with E-state index >= 15 is 0 Å². The molecule has 0 radical (unpaired) electrons. The van der Waals surface area contributed by atoms with Crippen molar-refractivity contribution < 1.29 is 0 Å². The molecule has 5 nitrogen and oxygen atoms in total. The molecule has 0 amide bonds. The Morgan fingerprint density at radius 1 is 1.22 bits per heavy atom. The van der Waals surface area contributed by atoms with E-state index in [-0.39, 0.29) is 0 Å². The van der Waals surface area contributed by atoms with Crippen LogP contribution in [0.2, 0.25) is 5.02 Å². The molecule has 1 heterocycles. The summed E-state index contributed by atoms with van der Waals surface area (Å²) in [6.07, 6.45) is 1.58. The number of rotatable bonds is 4. The zero-order chi connectivity index (χ0) is 16.4. The van der Waals surface area contributed by atoms with E-state index in [4.69, 9.17) is 17.1 Å². The van der Waals surface area contributed by atoms with Crippen LogP contribution in [0.1, 0.15) is 25.2 Å². The van der Waals surface area contributed by atoms with Crippen molar-refractivity contribution >= 4 is 28.3 Å². The monoisotopic (exact) mass is 325 g/mol. The summed E-state index contributed by atoms with van der Waals surface area (Å²) in [6.45, 7) is 4.09. The van der Waals surface area contributed by atoms with Gasteiger partial charge in [-0.15, -0.1) is 0 Å². The number of hydrogen-bond acceptors (Lipinski definition) is 2. The first-order chi connectivity index (χ1) is 11.2. The van der Waals surface area contributed by atoms with Crippen LogP contribution in [-0.2, 0) is 12.8 Å². The second-order valence-electron chi connectivity index (χ2n) is 5.18. The third-order valence-electron chi connectivity index (χ3n) is 3.87. The average molecular weight is 326 g/mol. The molecular weight excluding hydrogens is 310 g/mol. The molecular formula is C17H16ClN5. The van der Waals surface area contributed by atoms with Gasteiger partial charge in [0.25, 0.3) is 0 Å². The second kappa shape index (κ2) is 6.32. The molecule has 0 N–H and O–H groups in total. The first kappa shape index (κ1) is 15.4. The highest BCUT2D eigenvalue weighted by Gasteiger charge is 2.14. The van der Waals surface area contributed by atoms with Gasteiger partial charge in [0, 0.05) is 22.7 Å². The maximum atomic E-state index is 8.80. The first-order valence-corrected chi connectivity index (χ1v) is 7.91. The number of benzene rings is 2. The Labute approximate surface area is 139 Å². The highest BCUT2D eigenvalue weighted by atomic mass is 35.5. The minimum absolute atomic E-state index is 0.642. The van der Waals surface area contributed by atoms with Crippen LogP contribution < -0.4 is 0 Å². The van der Waals surface area contributed by atoms with Gasteiger partial charge in [-0.2, -0.15) is 0 Å². The van der Waals surface area contributed by atoms with Crippen molar-refractivity contribution in [1.82, 2.24) is 9.55 Å². The van der Waals surface area contributed by atoms with Crippen molar-refractivity contribution in [1.29, 1.82) is 0 Å². The molecule has 1 aromatic heterocycles. The molecule has 0 aliphatic heterocycles. The van der Waals surface area contributed by atoms with Gasteiger partial charge < -0.3 is 0 Å². The molecule has 6 heteroatoms. The van der Waals surface area contributed by atoms with E-state index in [1.54, 1.807) is 0 Å². The maximum Gasteiger partial charge on any atom is 0.114 e. The van der Waals surface area contributed by atoms with Crippen LogP contribution in [0.25, 0.3) is 27.2 Å². The van der Waals surface area contributed by atoms with Crippen LogP contribution in [0.4, 0.5) is 5.69 Å². The Bertz CT molecular complexity index is 922. The van der Waals surface area contributed by atoms with E-state index in [2.05, 4.69) is 21.9 Å². The quantitative estimate of drug-likeness (QED) is 0.342. The van der Waals surface area contributed by atoms with Crippen molar-refractivity contribution in [3.05, 3.63) is 63.3 Å². The van der Waals surface area contributed by atoms with Crippen LogP contribution in [0.15, 0.2) is 41.5 Å². The minimum Gasteiger partial charge on any atom is -0.295 e. The fourth-order valence-electron chi connectivity index (χ4n) is 2.78. The molecule has 0 saturated carbocycles. The molecule has 0 spiro atoms.